The number of hydrogen-bond acceptors (Lipinski definition) is 3. The van der Waals surface area contributed by atoms with Gasteiger partial charge in [0.25, 0.3) is 0 Å². The van der Waals surface area contributed by atoms with E-state index in [1.54, 1.807) is 12.1 Å². The Morgan fingerprint density at radius 3 is 2.38 bits per heavy atom. The Bertz CT molecular complexity index is 280. The smallest absolute Gasteiger partial charge is 0.512 e. The van der Waals surface area contributed by atoms with E-state index in [1.165, 1.54) is 0 Å². The van der Waals surface area contributed by atoms with Gasteiger partial charge in [0.05, 0.1) is 3.74 Å². The van der Waals surface area contributed by atoms with E-state index in [2.05, 4.69) is 31.9 Å². The fourth-order valence-electron chi connectivity index (χ4n) is 0.882. The molecule has 0 fully saturated rings. The van der Waals surface area contributed by atoms with Gasteiger partial charge in [-0.1, -0.05) is 50.1 Å². The molecule has 0 saturated carbocycles. The average Bonchev–Trinajstić information content (AvgIpc) is 2.03. The van der Waals surface area contributed by atoms with Crippen LogP contribution >= 0.6 is 31.9 Å². The zero-order valence-corrected chi connectivity index (χ0v) is 9.69. The Morgan fingerprint density at radius 1 is 1.23 bits per heavy atom. The van der Waals surface area contributed by atoms with E-state index in [-0.39, 0.29) is 3.74 Å². The van der Waals surface area contributed by atoms with E-state index in [1.807, 2.05) is 12.1 Å². The summed E-state index contributed by atoms with van der Waals surface area (Å²) in [4.78, 5) is 0. The molecule has 2 N–H and O–H groups in total. The van der Waals surface area contributed by atoms with Crippen molar-refractivity contribution >= 4 is 39.2 Å². The van der Waals surface area contributed by atoms with Gasteiger partial charge < -0.3 is 14.7 Å². The summed E-state index contributed by atoms with van der Waals surface area (Å²) >= 11 is 6.59. The number of rotatable bonds is 3. The van der Waals surface area contributed by atoms with Gasteiger partial charge in [-0.05, 0) is 6.07 Å². The van der Waals surface area contributed by atoms with E-state index in [9.17, 15) is 0 Å². The van der Waals surface area contributed by atoms with Crippen LogP contribution in [0.1, 0.15) is 9.30 Å². The van der Waals surface area contributed by atoms with Crippen molar-refractivity contribution in [2.45, 2.75) is 3.74 Å². The van der Waals surface area contributed by atoms with Crippen molar-refractivity contribution in [2.24, 2.45) is 0 Å². The lowest BCUT2D eigenvalue weighted by Crippen LogP contribution is -2.21. The Morgan fingerprint density at radius 2 is 1.85 bits per heavy atom. The van der Waals surface area contributed by atoms with Crippen LogP contribution in [-0.2, 0) is 0 Å². The van der Waals surface area contributed by atoms with E-state index in [0.717, 1.165) is 5.56 Å². The summed E-state index contributed by atoms with van der Waals surface area (Å²) in [5.74, 6) is 0.427. The van der Waals surface area contributed by atoms with Crippen molar-refractivity contribution in [3.8, 4) is 5.75 Å². The maximum Gasteiger partial charge on any atom is 0.707 e. The summed E-state index contributed by atoms with van der Waals surface area (Å²) in [7, 11) is -1.79. The molecule has 6 heteroatoms. The number of hydrogen-bond donors (Lipinski definition) is 2. The van der Waals surface area contributed by atoms with Gasteiger partial charge in [0.15, 0.2) is 0 Å². The first kappa shape index (κ1) is 11.0. The Kier molecular flexibility index (Phi) is 4.25. The highest BCUT2D eigenvalue weighted by Crippen LogP contribution is 2.35. The van der Waals surface area contributed by atoms with Crippen LogP contribution in [0.4, 0.5) is 0 Å². The predicted molar refractivity (Wildman–Crippen MR) is 57.9 cm³/mol. The molecule has 0 aliphatic rings. The van der Waals surface area contributed by atoms with E-state index < -0.39 is 7.32 Å². The number of halogens is 2. The van der Waals surface area contributed by atoms with E-state index >= 15 is 0 Å². The highest BCUT2D eigenvalue weighted by molar-refractivity contribution is 9.24. The molecule has 0 aliphatic heterocycles. The molecule has 0 aromatic heterocycles. The van der Waals surface area contributed by atoms with Gasteiger partial charge in [0.1, 0.15) is 5.75 Å². The lowest BCUT2D eigenvalue weighted by Gasteiger charge is -2.11. The third kappa shape index (κ3) is 3.30. The van der Waals surface area contributed by atoms with Crippen molar-refractivity contribution < 1.29 is 14.7 Å². The first-order chi connectivity index (χ1) is 6.11. The molecule has 0 amide bonds. The molecule has 0 heterocycles. The molecule has 0 radical (unpaired) electrons. The molecular weight excluding hydrogens is 303 g/mol. The molecule has 1 aromatic rings. The standard InChI is InChI=1S/C7H7BBr2O3/c9-7(10)5-3-1-2-4-6(5)13-8(11)12/h1-4,7,11-12H. The molecule has 0 bridgehead atoms. The summed E-state index contributed by atoms with van der Waals surface area (Å²) in [6, 6.07) is 7.06. The van der Waals surface area contributed by atoms with Crippen LogP contribution in [0.3, 0.4) is 0 Å². The first-order valence-corrected chi connectivity index (χ1v) is 5.34. The minimum Gasteiger partial charge on any atom is -0.512 e. The fraction of sp³-hybridized carbons (Fsp3) is 0.143. The second-order valence-corrected chi connectivity index (χ2v) is 5.34. The molecule has 1 aromatic carbocycles. The zero-order chi connectivity index (χ0) is 9.84. The van der Waals surface area contributed by atoms with Crippen molar-refractivity contribution in [1.29, 1.82) is 0 Å². The average molecular weight is 310 g/mol. The van der Waals surface area contributed by atoms with Crippen LogP contribution < -0.4 is 4.65 Å². The summed E-state index contributed by atoms with van der Waals surface area (Å²) in [5, 5.41) is 17.2. The van der Waals surface area contributed by atoms with Crippen molar-refractivity contribution in [1.82, 2.24) is 0 Å². The van der Waals surface area contributed by atoms with Gasteiger partial charge in [-0.2, -0.15) is 0 Å². The molecule has 3 nitrogen and oxygen atoms in total. The molecule has 0 spiro atoms. The minimum atomic E-state index is -1.79. The van der Waals surface area contributed by atoms with Crippen LogP contribution in [0.2, 0.25) is 0 Å². The highest BCUT2D eigenvalue weighted by atomic mass is 79.9. The van der Waals surface area contributed by atoms with Gasteiger partial charge in [0, 0.05) is 5.56 Å². The topological polar surface area (TPSA) is 49.7 Å². The lowest BCUT2D eigenvalue weighted by molar-refractivity contribution is 0.287. The molecule has 13 heavy (non-hydrogen) atoms. The third-order valence-corrected chi connectivity index (χ3v) is 2.37. The fourth-order valence-corrected chi connectivity index (χ4v) is 1.64. The van der Waals surface area contributed by atoms with Crippen LogP contribution in [0.25, 0.3) is 0 Å². The lowest BCUT2D eigenvalue weighted by atomic mass is 10.2. The van der Waals surface area contributed by atoms with E-state index in [0.29, 0.717) is 5.75 Å². The zero-order valence-electron chi connectivity index (χ0n) is 6.52. The van der Waals surface area contributed by atoms with E-state index in [4.69, 9.17) is 14.7 Å². The molecule has 0 unspecified atom stereocenters. The van der Waals surface area contributed by atoms with Gasteiger partial charge in [0.2, 0.25) is 0 Å². The normalized spacial score (nSPS) is 10.2. The monoisotopic (exact) mass is 308 g/mol. The molecule has 0 atom stereocenters. The summed E-state index contributed by atoms with van der Waals surface area (Å²) in [6.45, 7) is 0. The molecule has 1 rings (SSSR count). The largest absolute Gasteiger partial charge is 0.707 e. The second-order valence-electron chi connectivity index (χ2n) is 2.28. The quantitative estimate of drug-likeness (QED) is 0.661. The number of para-hydroxylation sites is 1. The summed E-state index contributed by atoms with van der Waals surface area (Å²) in [6.07, 6.45) is 0. The molecular formula is C7H7BBr2O3. The Balaban J connectivity index is 2.91. The predicted octanol–water partition coefficient (Wildman–Crippen LogP) is 1.82. The molecule has 0 saturated heterocycles. The van der Waals surface area contributed by atoms with Crippen molar-refractivity contribution in [2.75, 3.05) is 0 Å². The van der Waals surface area contributed by atoms with Gasteiger partial charge in [-0.15, -0.1) is 0 Å². The minimum absolute atomic E-state index is 0.0741. The SMILES string of the molecule is OB(O)Oc1ccccc1C(Br)Br. The maximum atomic E-state index is 8.61. The van der Waals surface area contributed by atoms with Gasteiger partial charge >= 0.3 is 7.32 Å². The van der Waals surface area contributed by atoms with Crippen molar-refractivity contribution in [3.63, 3.8) is 0 Å². The first-order valence-electron chi connectivity index (χ1n) is 3.51. The van der Waals surface area contributed by atoms with Crippen LogP contribution in [-0.4, -0.2) is 17.4 Å². The summed E-state index contributed by atoms with van der Waals surface area (Å²) in [5.41, 5.74) is 0.801. The van der Waals surface area contributed by atoms with Crippen LogP contribution in [0.5, 0.6) is 5.75 Å². The maximum absolute atomic E-state index is 8.61. The van der Waals surface area contributed by atoms with Gasteiger partial charge in [-0.3, -0.25) is 0 Å². The Hall–Kier alpha value is -0.0351. The second kappa shape index (κ2) is 5.00. The van der Waals surface area contributed by atoms with Crippen LogP contribution in [0.15, 0.2) is 24.3 Å². The van der Waals surface area contributed by atoms with Gasteiger partial charge in [-0.25, -0.2) is 0 Å². The molecule has 0 aliphatic carbocycles. The summed E-state index contributed by atoms with van der Waals surface area (Å²) < 4.78 is 4.68. The highest BCUT2D eigenvalue weighted by Gasteiger charge is 2.16. The number of benzene rings is 1. The Labute approximate surface area is 93.2 Å². The van der Waals surface area contributed by atoms with Crippen LogP contribution in [0, 0.1) is 0 Å². The molecule has 70 valence electrons. The number of alkyl halides is 2. The van der Waals surface area contributed by atoms with Crippen molar-refractivity contribution in [3.05, 3.63) is 29.8 Å². The third-order valence-electron chi connectivity index (χ3n) is 1.39.